The quantitative estimate of drug-likeness (QED) is 0.879. The van der Waals surface area contributed by atoms with Crippen molar-refractivity contribution in [2.75, 3.05) is 6.54 Å². The summed E-state index contributed by atoms with van der Waals surface area (Å²) in [5.41, 5.74) is 9.37. The van der Waals surface area contributed by atoms with Gasteiger partial charge in [-0.25, -0.2) is 4.98 Å². The first-order valence-corrected chi connectivity index (χ1v) is 6.86. The summed E-state index contributed by atoms with van der Waals surface area (Å²) in [4.78, 5) is 4.75. The average molecular weight is 245 g/mol. The van der Waals surface area contributed by atoms with Crippen molar-refractivity contribution in [1.82, 2.24) is 9.55 Å². The molecule has 0 radical (unpaired) electrons. The Bertz CT molecular complexity index is 526. The van der Waals surface area contributed by atoms with Gasteiger partial charge in [-0.05, 0) is 36.6 Å². The lowest BCUT2D eigenvalue weighted by Gasteiger charge is -2.08. The van der Waals surface area contributed by atoms with Crippen LogP contribution in [0.2, 0.25) is 0 Å². The van der Waals surface area contributed by atoms with Gasteiger partial charge in [0.2, 0.25) is 0 Å². The smallest absolute Gasteiger partial charge is 0.111 e. The Hall–Kier alpha value is -1.35. The molecule has 1 aromatic carbocycles. The van der Waals surface area contributed by atoms with Gasteiger partial charge in [-0.1, -0.05) is 26.8 Å². The van der Waals surface area contributed by atoms with Crippen LogP contribution in [-0.4, -0.2) is 16.1 Å². The zero-order valence-electron chi connectivity index (χ0n) is 11.6. The Morgan fingerprint density at radius 1 is 1.33 bits per heavy atom. The van der Waals surface area contributed by atoms with Gasteiger partial charge < -0.3 is 10.3 Å². The Balaban J connectivity index is 2.53. The van der Waals surface area contributed by atoms with Gasteiger partial charge in [-0.15, -0.1) is 0 Å². The first-order valence-electron chi connectivity index (χ1n) is 6.86. The van der Waals surface area contributed by atoms with Crippen molar-refractivity contribution in [2.45, 2.75) is 46.1 Å². The van der Waals surface area contributed by atoms with Gasteiger partial charge in [0.25, 0.3) is 0 Å². The van der Waals surface area contributed by atoms with Gasteiger partial charge >= 0.3 is 0 Å². The molecule has 0 spiro atoms. The van der Waals surface area contributed by atoms with Crippen molar-refractivity contribution >= 4 is 11.0 Å². The van der Waals surface area contributed by atoms with Crippen LogP contribution in [0.25, 0.3) is 11.0 Å². The second kappa shape index (κ2) is 5.53. The predicted octanol–water partition coefficient (Wildman–Crippen LogP) is 3.07. The molecule has 0 fully saturated rings. The summed E-state index contributed by atoms with van der Waals surface area (Å²) >= 11 is 0. The Morgan fingerprint density at radius 2 is 2.11 bits per heavy atom. The number of benzene rings is 1. The lowest BCUT2D eigenvalue weighted by Crippen LogP contribution is -2.10. The van der Waals surface area contributed by atoms with E-state index in [9.17, 15) is 0 Å². The third-order valence-electron chi connectivity index (χ3n) is 3.33. The summed E-state index contributed by atoms with van der Waals surface area (Å²) < 4.78 is 2.31. The van der Waals surface area contributed by atoms with Crippen LogP contribution in [0.15, 0.2) is 18.2 Å². The number of imidazole rings is 1. The van der Waals surface area contributed by atoms with E-state index >= 15 is 0 Å². The average Bonchev–Trinajstić information content (AvgIpc) is 2.68. The molecule has 0 aliphatic rings. The fraction of sp³-hybridized carbons (Fsp3) is 0.533. The molecule has 0 unspecified atom stereocenters. The minimum absolute atomic E-state index is 0.545. The maximum Gasteiger partial charge on any atom is 0.111 e. The van der Waals surface area contributed by atoms with Crippen LogP contribution >= 0.6 is 0 Å². The second-order valence-electron chi connectivity index (χ2n) is 5.12. The van der Waals surface area contributed by atoms with Crippen molar-refractivity contribution in [1.29, 1.82) is 0 Å². The number of hydrogen-bond donors (Lipinski definition) is 1. The molecule has 0 bridgehead atoms. The molecule has 0 atom stereocenters. The molecule has 1 aromatic heterocycles. The number of aryl methyl sites for hydroxylation is 1. The standard InChI is InChI=1S/C15H23N3/c1-4-9-18-14-6-5-12(11(2)3)10-13(14)17-15(18)7-8-16/h5-6,10-11H,4,7-9,16H2,1-3H3. The fourth-order valence-electron chi connectivity index (χ4n) is 2.35. The Labute approximate surface area is 109 Å². The molecule has 0 saturated heterocycles. The lowest BCUT2D eigenvalue weighted by molar-refractivity contribution is 0.652. The summed E-state index contributed by atoms with van der Waals surface area (Å²) in [7, 11) is 0. The van der Waals surface area contributed by atoms with Crippen LogP contribution in [0.1, 0.15) is 44.5 Å². The molecule has 0 amide bonds. The van der Waals surface area contributed by atoms with E-state index in [0.717, 1.165) is 30.7 Å². The van der Waals surface area contributed by atoms with Crippen molar-refractivity contribution in [2.24, 2.45) is 5.73 Å². The highest BCUT2D eigenvalue weighted by Crippen LogP contribution is 2.22. The molecular formula is C15H23N3. The van der Waals surface area contributed by atoms with Crippen LogP contribution in [-0.2, 0) is 13.0 Å². The molecule has 2 rings (SSSR count). The highest BCUT2D eigenvalue weighted by molar-refractivity contribution is 5.77. The van der Waals surface area contributed by atoms with Crippen LogP contribution in [0.5, 0.6) is 0 Å². The predicted molar refractivity (Wildman–Crippen MR) is 76.9 cm³/mol. The van der Waals surface area contributed by atoms with E-state index in [1.165, 1.54) is 11.1 Å². The monoisotopic (exact) mass is 245 g/mol. The third-order valence-corrected chi connectivity index (χ3v) is 3.33. The van der Waals surface area contributed by atoms with Gasteiger partial charge in [0.05, 0.1) is 11.0 Å². The first kappa shape index (κ1) is 13.1. The molecule has 3 nitrogen and oxygen atoms in total. The zero-order valence-corrected chi connectivity index (χ0v) is 11.6. The summed E-state index contributed by atoms with van der Waals surface area (Å²) in [6.45, 7) is 8.30. The summed E-state index contributed by atoms with van der Waals surface area (Å²) in [5, 5.41) is 0. The maximum absolute atomic E-state index is 5.67. The van der Waals surface area contributed by atoms with E-state index < -0.39 is 0 Å². The van der Waals surface area contributed by atoms with E-state index in [2.05, 4.69) is 43.5 Å². The van der Waals surface area contributed by atoms with Crippen molar-refractivity contribution in [3.05, 3.63) is 29.6 Å². The van der Waals surface area contributed by atoms with Gasteiger partial charge in [-0.3, -0.25) is 0 Å². The number of nitrogens with zero attached hydrogens (tertiary/aromatic N) is 2. The summed E-state index contributed by atoms with van der Waals surface area (Å²) in [5.74, 6) is 1.67. The van der Waals surface area contributed by atoms with Crippen LogP contribution in [0.4, 0.5) is 0 Å². The van der Waals surface area contributed by atoms with E-state index in [0.29, 0.717) is 12.5 Å². The summed E-state index contributed by atoms with van der Waals surface area (Å²) in [6.07, 6.45) is 1.97. The Morgan fingerprint density at radius 3 is 2.72 bits per heavy atom. The molecule has 98 valence electrons. The number of nitrogens with two attached hydrogens (primary N) is 1. The van der Waals surface area contributed by atoms with Crippen LogP contribution in [0, 0.1) is 0 Å². The van der Waals surface area contributed by atoms with E-state index in [4.69, 9.17) is 10.7 Å². The van der Waals surface area contributed by atoms with Gasteiger partial charge in [-0.2, -0.15) is 0 Å². The number of aromatic nitrogens is 2. The lowest BCUT2D eigenvalue weighted by atomic mass is 10.0. The molecular weight excluding hydrogens is 222 g/mol. The molecule has 2 N–H and O–H groups in total. The van der Waals surface area contributed by atoms with Crippen molar-refractivity contribution < 1.29 is 0 Å². The number of rotatable bonds is 5. The SMILES string of the molecule is CCCn1c(CCN)nc2cc(C(C)C)ccc21. The first-order chi connectivity index (χ1) is 8.67. The zero-order chi connectivity index (χ0) is 13.1. The highest BCUT2D eigenvalue weighted by atomic mass is 15.1. The fourth-order valence-corrected chi connectivity index (χ4v) is 2.35. The number of fused-ring (bicyclic) bond motifs is 1. The minimum atomic E-state index is 0.545. The molecule has 0 aliphatic heterocycles. The van der Waals surface area contributed by atoms with Crippen molar-refractivity contribution in [3.8, 4) is 0 Å². The second-order valence-corrected chi connectivity index (χ2v) is 5.12. The maximum atomic E-state index is 5.67. The summed E-state index contributed by atoms with van der Waals surface area (Å²) in [6, 6.07) is 6.63. The highest BCUT2D eigenvalue weighted by Gasteiger charge is 2.10. The van der Waals surface area contributed by atoms with Gasteiger partial charge in [0.15, 0.2) is 0 Å². The molecule has 0 saturated carbocycles. The Kier molecular flexibility index (Phi) is 4.02. The minimum Gasteiger partial charge on any atom is -0.330 e. The van der Waals surface area contributed by atoms with Crippen LogP contribution < -0.4 is 5.73 Å². The van der Waals surface area contributed by atoms with E-state index in [1.54, 1.807) is 0 Å². The van der Waals surface area contributed by atoms with Crippen LogP contribution in [0.3, 0.4) is 0 Å². The van der Waals surface area contributed by atoms with E-state index in [1.807, 2.05) is 0 Å². The van der Waals surface area contributed by atoms with E-state index in [-0.39, 0.29) is 0 Å². The number of hydrogen-bond acceptors (Lipinski definition) is 2. The molecule has 3 heteroatoms. The topological polar surface area (TPSA) is 43.8 Å². The molecule has 0 aliphatic carbocycles. The van der Waals surface area contributed by atoms with Gasteiger partial charge in [0.1, 0.15) is 5.82 Å². The molecule has 2 aromatic rings. The normalized spacial score (nSPS) is 11.6. The van der Waals surface area contributed by atoms with Gasteiger partial charge in [0, 0.05) is 13.0 Å². The third kappa shape index (κ3) is 2.41. The van der Waals surface area contributed by atoms with Crippen molar-refractivity contribution in [3.63, 3.8) is 0 Å². The molecule has 1 heterocycles. The molecule has 18 heavy (non-hydrogen) atoms. The largest absolute Gasteiger partial charge is 0.330 e.